The average molecular weight is 218 g/mol. The highest BCUT2D eigenvalue weighted by Crippen LogP contribution is 2.28. The Hall–Kier alpha value is -2.35. The van der Waals surface area contributed by atoms with E-state index in [0.717, 1.165) is 0 Å². The molecule has 0 saturated heterocycles. The summed E-state index contributed by atoms with van der Waals surface area (Å²) in [4.78, 5) is 7.62. The topological polar surface area (TPSA) is 28.7 Å². The number of pyridine rings is 1. The van der Waals surface area contributed by atoms with Gasteiger partial charge in [-0.25, -0.2) is 0 Å². The lowest BCUT2D eigenvalue weighted by Gasteiger charge is -1.97. The Balaban J connectivity index is 2.28. The number of rotatable bonds is 0. The molecule has 0 aliphatic heterocycles. The van der Waals surface area contributed by atoms with E-state index in [9.17, 15) is 0 Å². The Morgan fingerprint density at radius 1 is 0.824 bits per heavy atom. The van der Waals surface area contributed by atoms with Crippen LogP contribution in [0.5, 0.6) is 0 Å². The molecule has 4 rings (SSSR count). The van der Waals surface area contributed by atoms with Crippen molar-refractivity contribution in [3.8, 4) is 0 Å². The fourth-order valence-corrected chi connectivity index (χ4v) is 2.43. The van der Waals surface area contributed by atoms with E-state index in [0.29, 0.717) is 0 Å². The van der Waals surface area contributed by atoms with Gasteiger partial charge in [-0.2, -0.15) is 0 Å². The number of hydrogen-bond acceptors (Lipinski definition) is 1. The van der Waals surface area contributed by atoms with E-state index in [2.05, 4.69) is 46.4 Å². The molecule has 0 radical (unpaired) electrons. The minimum absolute atomic E-state index is 1.18. The van der Waals surface area contributed by atoms with Crippen LogP contribution in [0.3, 0.4) is 0 Å². The maximum atomic E-state index is 4.17. The second-order valence-corrected chi connectivity index (χ2v) is 4.29. The van der Waals surface area contributed by atoms with Crippen LogP contribution < -0.4 is 0 Å². The zero-order valence-corrected chi connectivity index (χ0v) is 9.14. The molecule has 0 bridgehead atoms. The molecule has 2 aromatic heterocycles. The van der Waals surface area contributed by atoms with Crippen molar-refractivity contribution in [2.75, 3.05) is 0 Å². The largest absolute Gasteiger partial charge is 0.354 e. The van der Waals surface area contributed by atoms with Crippen LogP contribution in [-0.4, -0.2) is 9.97 Å². The first-order valence-corrected chi connectivity index (χ1v) is 5.66. The summed E-state index contributed by atoms with van der Waals surface area (Å²) in [7, 11) is 0. The zero-order chi connectivity index (χ0) is 11.2. The quantitative estimate of drug-likeness (QED) is 0.477. The number of nitrogens with zero attached hydrogens (tertiary/aromatic N) is 1. The number of benzene rings is 2. The maximum Gasteiger partial charge on any atom is 0.0471 e. The van der Waals surface area contributed by atoms with Crippen LogP contribution in [0.15, 0.2) is 54.9 Å². The predicted molar refractivity (Wildman–Crippen MR) is 71.1 cm³/mol. The minimum Gasteiger partial charge on any atom is -0.354 e. The third kappa shape index (κ3) is 1.18. The summed E-state index contributed by atoms with van der Waals surface area (Å²) in [6.07, 6.45) is 3.74. The number of fused-ring (bicyclic) bond motifs is 4. The van der Waals surface area contributed by atoms with Gasteiger partial charge in [0, 0.05) is 39.6 Å². The van der Waals surface area contributed by atoms with Crippen molar-refractivity contribution in [2.45, 2.75) is 0 Å². The molecule has 0 aliphatic carbocycles. The van der Waals surface area contributed by atoms with Crippen molar-refractivity contribution in [3.05, 3.63) is 54.9 Å². The van der Waals surface area contributed by atoms with E-state index in [-0.39, 0.29) is 0 Å². The molecule has 2 aromatic carbocycles. The maximum absolute atomic E-state index is 4.17. The van der Waals surface area contributed by atoms with Crippen molar-refractivity contribution in [1.82, 2.24) is 9.97 Å². The highest BCUT2D eigenvalue weighted by atomic mass is 14.7. The van der Waals surface area contributed by atoms with Crippen LogP contribution in [0.25, 0.3) is 32.6 Å². The highest BCUT2D eigenvalue weighted by molar-refractivity contribution is 6.11. The lowest BCUT2D eigenvalue weighted by molar-refractivity contribution is 1.37. The van der Waals surface area contributed by atoms with E-state index < -0.39 is 0 Å². The lowest BCUT2D eigenvalue weighted by atomic mass is 10.1. The highest BCUT2D eigenvalue weighted by Gasteiger charge is 2.04. The SMILES string of the molecule is c1ccc2c(c1)[nH]c1cc3ccncc3cc12. The van der Waals surface area contributed by atoms with Gasteiger partial charge in [-0.15, -0.1) is 0 Å². The van der Waals surface area contributed by atoms with Crippen molar-refractivity contribution in [1.29, 1.82) is 0 Å². The van der Waals surface area contributed by atoms with Gasteiger partial charge in [-0.3, -0.25) is 4.98 Å². The molecular formula is C15H10N2. The number of aromatic amines is 1. The zero-order valence-electron chi connectivity index (χ0n) is 9.14. The number of para-hydroxylation sites is 1. The van der Waals surface area contributed by atoms with Gasteiger partial charge in [0.2, 0.25) is 0 Å². The fourth-order valence-electron chi connectivity index (χ4n) is 2.43. The molecule has 0 fully saturated rings. The molecule has 0 saturated carbocycles. The molecule has 1 N–H and O–H groups in total. The Kier molecular flexibility index (Phi) is 1.59. The van der Waals surface area contributed by atoms with Crippen LogP contribution >= 0.6 is 0 Å². The van der Waals surface area contributed by atoms with Crippen LogP contribution in [-0.2, 0) is 0 Å². The first kappa shape index (κ1) is 8.76. The molecule has 17 heavy (non-hydrogen) atoms. The van der Waals surface area contributed by atoms with Crippen LogP contribution in [0, 0.1) is 0 Å². The van der Waals surface area contributed by atoms with Crippen LogP contribution in [0.4, 0.5) is 0 Å². The van der Waals surface area contributed by atoms with E-state index in [4.69, 9.17) is 0 Å². The lowest BCUT2D eigenvalue weighted by Crippen LogP contribution is -1.75. The summed E-state index contributed by atoms with van der Waals surface area (Å²) in [6, 6.07) is 14.8. The second kappa shape index (κ2) is 3.08. The van der Waals surface area contributed by atoms with Gasteiger partial charge in [0.25, 0.3) is 0 Å². The van der Waals surface area contributed by atoms with Crippen molar-refractivity contribution in [2.24, 2.45) is 0 Å². The third-order valence-electron chi connectivity index (χ3n) is 3.26. The number of aromatic nitrogens is 2. The number of nitrogens with one attached hydrogen (secondary N) is 1. The first-order valence-electron chi connectivity index (χ1n) is 5.66. The Bertz CT molecular complexity index is 837. The van der Waals surface area contributed by atoms with E-state index >= 15 is 0 Å². The van der Waals surface area contributed by atoms with Gasteiger partial charge in [-0.05, 0) is 29.7 Å². The van der Waals surface area contributed by atoms with Gasteiger partial charge in [-0.1, -0.05) is 18.2 Å². The van der Waals surface area contributed by atoms with Crippen molar-refractivity contribution < 1.29 is 0 Å². The summed E-state index contributed by atoms with van der Waals surface area (Å²) in [5.41, 5.74) is 2.37. The Morgan fingerprint density at radius 2 is 1.76 bits per heavy atom. The van der Waals surface area contributed by atoms with Gasteiger partial charge in [0.15, 0.2) is 0 Å². The predicted octanol–water partition coefficient (Wildman–Crippen LogP) is 3.87. The summed E-state index contributed by atoms with van der Waals surface area (Å²) in [5, 5.41) is 4.94. The van der Waals surface area contributed by atoms with Gasteiger partial charge in [0.1, 0.15) is 0 Å². The summed E-state index contributed by atoms with van der Waals surface area (Å²) >= 11 is 0. The summed E-state index contributed by atoms with van der Waals surface area (Å²) in [5.74, 6) is 0. The summed E-state index contributed by atoms with van der Waals surface area (Å²) < 4.78 is 0. The van der Waals surface area contributed by atoms with E-state index in [1.54, 1.807) is 0 Å². The molecule has 0 amide bonds. The van der Waals surface area contributed by atoms with E-state index in [1.807, 2.05) is 18.5 Å². The molecule has 2 heterocycles. The molecule has 0 unspecified atom stereocenters. The summed E-state index contributed by atoms with van der Waals surface area (Å²) in [6.45, 7) is 0. The molecule has 4 aromatic rings. The fraction of sp³-hybridized carbons (Fsp3) is 0. The molecule has 0 aliphatic rings. The Labute approximate surface area is 97.9 Å². The number of hydrogen-bond donors (Lipinski definition) is 1. The second-order valence-electron chi connectivity index (χ2n) is 4.29. The molecule has 2 nitrogen and oxygen atoms in total. The standard InChI is InChI=1S/C15H10N2/c1-2-4-14-12(3-1)13-7-11-9-16-6-5-10(11)8-15(13)17-14/h1-9,17H. The molecule has 0 atom stereocenters. The first-order chi connectivity index (χ1) is 8.42. The van der Waals surface area contributed by atoms with Crippen molar-refractivity contribution >= 4 is 32.6 Å². The van der Waals surface area contributed by atoms with Gasteiger partial charge >= 0.3 is 0 Å². The third-order valence-corrected chi connectivity index (χ3v) is 3.26. The average Bonchev–Trinajstić information content (AvgIpc) is 2.73. The molecule has 80 valence electrons. The smallest absolute Gasteiger partial charge is 0.0471 e. The normalized spacial score (nSPS) is 11.5. The molecule has 2 heteroatoms. The number of H-pyrrole nitrogens is 1. The van der Waals surface area contributed by atoms with Gasteiger partial charge in [0.05, 0.1) is 0 Å². The van der Waals surface area contributed by atoms with E-state index in [1.165, 1.54) is 32.6 Å². The Morgan fingerprint density at radius 3 is 2.76 bits per heavy atom. The molecular weight excluding hydrogens is 208 g/mol. The van der Waals surface area contributed by atoms with Crippen LogP contribution in [0.2, 0.25) is 0 Å². The minimum atomic E-state index is 1.18. The van der Waals surface area contributed by atoms with Crippen LogP contribution in [0.1, 0.15) is 0 Å². The molecule has 0 spiro atoms. The monoisotopic (exact) mass is 218 g/mol. The van der Waals surface area contributed by atoms with Crippen molar-refractivity contribution in [3.63, 3.8) is 0 Å². The van der Waals surface area contributed by atoms with Gasteiger partial charge < -0.3 is 4.98 Å².